The van der Waals surface area contributed by atoms with E-state index >= 15 is 0 Å². The number of carbonyl (C=O) groups excluding carboxylic acids is 1. The van der Waals surface area contributed by atoms with Gasteiger partial charge in [-0.15, -0.1) is 0 Å². The molecule has 5 rings (SSSR count). The van der Waals surface area contributed by atoms with Crippen molar-refractivity contribution in [2.45, 2.75) is 31.7 Å². The number of nitrogens with zero attached hydrogens (tertiary/aromatic N) is 1. The standard InChI is InChI=1S/C22H21NO5/c1-13(24)21-17-12-26-22(25)20(17)23(28-21)11-14-6-8-15(9-7-14)19-10-16-4-2-3-5-18(16)27-19/h2-10,13,17,20-21,24H,11-12H2,1H3/t13-,17-,20-,21?/m0/s1. The Balaban J connectivity index is 1.35. The first-order chi connectivity index (χ1) is 13.6. The molecule has 6 nitrogen and oxygen atoms in total. The van der Waals surface area contributed by atoms with Crippen molar-refractivity contribution in [1.29, 1.82) is 0 Å². The van der Waals surface area contributed by atoms with Gasteiger partial charge in [0, 0.05) is 10.9 Å². The Morgan fingerprint density at radius 3 is 2.71 bits per heavy atom. The van der Waals surface area contributed by atoms with Gasteiger partial charge in [0.25, 0.3) is 0 Å². The predicted octanol–water partition coefficient (Wildman–Crippen LogP) is 3.14. The second kappa shape index (κ2) is 6.74. The molecule has 0 aliphatic carbocycles. The molecule has 3 aromatic rings. The Bertz CT molecular complexity index is 976. The minimum absolute atomic E-state index is 0.137. The van der Waals surface area contributed by atoms with Crippen LogP contribution in [0, 0.1) is 5.92 Å². The number of rotatable bonds is 4. The second-order valence-corrected chi connectivity index (χ2v) is 7.47. The molecule has 0 saturated carbocycles. The lowest BCUT2D eigenvalue weighted by molar-refractivity contribution is -0.202. The Morgan fingerprint density at radius 2 is 1.96 bits per heavy atom. The minimum Gasteiger partial charge on any atom is -0.464 e. The molecule has 1 N–H and O–H groups in total. The van der Waals surface area contributed by atoms with Crippen LogP contribution in [-0.2, 0) is 20.9 Å². The molecule has 0 amide bonds. The van der Waals surface area contributed by atoms with Crippen molar-refractivity contribution in [1.82, 2.24) is 5.06 Å². The Kier molecular flexibility index (Phi) is 4.19. The van der Waals surface area contributed by atoms with Crippen molar-refractivity contribution in [3.8, 4) is 11.3 Å². The summed E-state index contributed by atoms with van der Waals surface area (Å²) in [6, 6.07) is 17.5. The summed E-state index contributed by atoms with van der Waals surface area (Å²) < 4.78 is 11.1. The number of aliphatic hydroxyl groups is 1. The lowest BCUT2D eigenvalue weighted by Crippen LogP contribution is -2.35. The highest BCUT2D eigenvalue weighted by Crippen LogP contribution is 2.36. The number of fused-ring (bicyclic) bond motifs is 2. The van der Waals surface area contributed by atoms with Gasteiger partial charge in [-0.1, -0.05) is 42.5 Å². The molecule has 2 aliphatic heterocycles. The number of cyclic esters (lactones) is 1. The zero-order valence-electron chi connectivity index (χ0n) is 15.4. The van der Waals surface area contributed by atoms with Crippen molar-refractivity contribution in [2.24, 2.45) is 5.92 Å². The van der Waals surface area contributed by atoms with Gasteiger partial charge >= 0.3 is 5.97 Å². The van der Waals surface area contributed by atoms with Gasteiger partial charge < -0.3 is 14.3 Å². The average Bonchev–Trinajstić information content (AvgIpc) is 3.38. The van der Waals surface area contributed by atoms with Gasteiger partial charge in [-0.25, -0.2) is 0 Å². The molecule has 0 radical (unpaired) electrons. The first-order valence-corrected chi connectivity index (χ1v) is 9.46. The predicted molar refractivity (Wildman–Crippen MR) is 102 cm³/mol. The number of esters is 1. The molecule has 6 heteroatoms. The van der Waals surface area contributed by atoms with E-state index in [1.165, 1.54) is 0 Å². The van der Waals surface area contributed by atoms with E-state index in [1.807, 2.05) is 54.6 Å². The summed E-state index contributed by atoms with van der Waals surface area (Å²) >= 11 is 0. The molecule has 3 heterocycles. The van der Waals surface area contributed by atoms with Gasteiger partial charge in [-0.2, -0.15) is 5.06 Å². The van der Waals surface area contributed by atoms with E-state index < -0.39 is 18.2 Å². The summed E-state index contributed by atoms with van der Waals surface area (Å²) in [5, 5.41) is 12.7. The molecule has 0 bridgehead atoms. The molecule has 2 saturated heterocycles. The average molecular weight is 379 g/mol. The minimum atomic E-state index is -0.664. The van der Waals surface area contributed by atoms with Crippen LogP contribution in [0.25, 0.3) is 22.3 Å². The maximum atomic E-state index is 12.1. The molecule has 2 aromatic carbocycles. The molecule has 1 unspecified atom stereocenters. The second-order valence-electron chi connectivity index (χ2n) is 7.47. The number of benzene rings is 2. The van der Waals surface area contributed by atoms with E-state index in [1.54, 1.807) is 12.0 Å². The molecule has 2 fully saturated rings. The Labute approximate surface area is 162 Å². The van der Waals surface area contributed by atoms with Crippen LogP contribution in [-0.4, -0.2) is 41.0 Å². The summed E-state index contributed by atoms with van der Waals surface area (Å²) in [7, 11) is 0. The van der Waals surface area contributed by atoms with Gasteiger partial charge in [0.2, 0.25) is 0 Å². The van der Waals surface area contributed by atoms with Crippen LogP contribution in [0.5, 0.6) is 0 Å². The number of furan rings is 1. The SMILES string of the molecule is C[C@H](O)C1ON(Cc2ccc(-c3cc4ccccc4o3)cc2)[C@@H]2C(=O)OC[C@H]12. The number of hydrogen-bond donors (Lipinski definition) is 1. The van der Waals surface area contributed by atoms with Gasteiger partial charge in [-0.05, 0) is 24.6 Å². The number of aliphatic hydroxyl groups excluding tert-OH is 1. The summed E-state index contributed by atoms with van der Waals surface area (Å²) in [4.78, 5) is 18.0. The largest absolute Gasteiger partial charge is 0.464 e. The van der Waals surface area contributed by atoms with Crippen LogP contribution in [0.1, 0.15) is 12.5 Å². The topological polar surface area (TPSA) is 72.1 Å². The third-order valence-corrected chi connectivity index (χ3v) is 5.53. The van der Waals surface area contributed by atoms with Gasteiger partial charge in [0.15, 0.2) is 0 Å². The third-order valence-electron chi connectivity index (χ3n) is 5.53. The Hall–Kier alpha value is -2.67. The lowest BCUT2D eigenvalue weighted by Gasteiger charge is -2.21. The van der Waals surface area contributed by atoms with Crippen molar-refractivity contribution >= 4 is 16.9 Å². The van der Waals surface area contributed by atoms with E-state index in [9.17, 15) is 9.90 Å². The van der Waals surface area contributed by atoms with Crippen LogP contribution in [0.4, 0.5) is 0 Å². The molecule has 4 atom stereocenters. The summed E-state index contributed by atoms with van der Waals surface area (Å²) in [6.45, 7) is 2.41. The van der Waals surface area contributed by atoms with Crippen molar-refractivity contribution in [3.05, 3.63) is 60.2 Å². The maximum absolute atomic E-state index is 12.1. The van der Waals surface area contributed by atoms with Crippen LogP contribution in [0.3, 0.4) is 0 Å². The van der Waals surface area contributed by atoms with Crippen LogP contribution < -0.4 is 0 Å². The molecule has 144 valence electrons. The van der Waals surface area contributed by atoms with Crippen molar-refractivity contribution in [2.75, 3.05) is 6.61 Å². The van der Waals surface area contributed by atoms with E-state index in [2.05, 4.69) is 0 Å². The molecule has 28 heavy (non-hydrogen) atoms. The zero-order valence-corrected chi connectivity index (χ0v) is 15.4. The first-order valence-electron chi connectivity index (χ1n) is 9.46. The van der Waals surface area contributed by atoms with Gasteiger partial charge in [0.05, 0.1) is 25.2 Å². The molecular formula is C22H21NO5. The van der Waals surface area contributed by atoms with E-state index in [0.29, 0.717) is 13.2 Å². The normalized spacial score (nSPS) is 25.8. The summed E-state index contributed by atoms with van der Waals surface area (Å²) in [6.07, 6.45) is -1.09. The Morgan fingerprint density at radius 1 is 1.18 bits per heavy atom. The zero-order chi connectivity index (χ0) is 19.3. The fourth-order valence-electron chi connectivity index (χ4n) is 4.10. The van der Waals surface area contributed by atoms with Crippen LogP contribution in [0.2, 0.25) is 0 Å². The van der Waals surface area contributed by atoms with Crippen LogP contribution >= 0.6 is 0 Å². The number of ether oxygens (including phenoxy) is 1. The number of carbonyl (C=O) groups is 1. The highest BCUT2D eigenvalue weighted by atomic mass is 16.7. The highest BCUT2D eigenvalue weighted by molar-refractivity contribution is 5.82. The molecule has 0 spiro atoms. The van der Waals surface area contributed by atoms with Crippen molar-refractivity contribution in [3.63, 3.8) is 0 Å². The smallest absolute Gasteiger partial charge is 0.326 e. The monoisotopic (exact) mass is 379 g/mol. The molecular weight excluding hydrogens is 358 g/mol. The lowest BCUT2D eigenvalue weighted by atomic mass is 9.95. The van der Waals surface area contributed by atoms with Gasteiger partial charge in [0.1, 0.15) is 23.5 Å². The quantitative estimate of drug-likeness (QED) is 0.702. The number of para-hydroxylation sites is 1. The molecule has 1 aromatic heterocycles. The van der Waals surface area contributed by atoms with E-state index in [0.717, 1.165) is 27.9 Å². The maximum Gasteiger partial charge on any atom is 0.326 e. The summed E-state index contributed by atoms with van der Waals surface area (Å²) in [5.41, 5.74) is 2.86. The number of hydroxylamine groups is 2. The fraction of sp³-hybridized carbons (Fsp3) is 0.318. The summed E-state index contributed by atoms with van der Waals surface area (Å²) in [5.74, 6) is 0.396. The van der Waals surface area contributed by atoms with E-state index in [-0.39, 0.29) is 11.9 Å². The fourth-order valence-corrected chi connectivity index (χ4v) is 4.10. The van der Waals surface area contributed by atoms with Crippen LogP contribution in [0.15, 0.2) is 59.0 Å². The van der Waals surface area contributed by atoms with Gasteiger partial charge in [-0.3, -0.25) is 9.63 Å². The first kappa shape index (κ1) is 17.4. The van der Waals surface area contributed by atoms with Crippen molar-refractivity contribution < 1.29 is 23.9 Å². The number of hydrogen-bond acceptors (Lipinski definition) is 6. The molecule has 2 aliphatic rings. The highest BCUT2D eigenvalue weighted by Gasteiger charge is 2.54. The third kappa shape index (κ3) is 2.90. The van der Waals surface area contributed by atoms with E-state index in [4.69, 9.17) is 14.0 Å².